The van der Waals surface area contributed by atoms with Gasteiger partial charge in [-0.05, 0) is 5.92 Å². The molecule has 0 saturated heterocycles. The summed E-state index contributed by atoms with van der Waals surface area (Å²) in [6.45, 7) is 6.24. The minimum atomic E-state index is -0.0470. The Labute approximate surface area is 113 Å². The lowest BCUT2D eigenvalue weighted by Crippen LogP contribution is -2.34. The van der Waals surface area contributed by atoms with E-state index in [1.165, 1.54) is 6.20 Å². The molecule has 0 amide bonds. The molecule has 0 radical (unpaired) electrons. The summed E-state index contributed by atoms with van der Waals surface area (Å²) in [6, 6.07) is 0. The molecule has 0 spiro atoms. The Hall–Kier alpha value is -1.89. The smallest absolute Gasteiger partial charge is 0.192 e. The van der Waals surface area contributed by atoms with Crippen LogP contribution in [0.5, 0.6) is 0 Å². The topological polar surface area (TPSA) is 96.9 Å². The van der Waals surface area contributed by atoms with Crippen LogP contribution in [0.2, 0.25) is 0 Å². The van der Waals surface area contributed by atoms with Crippen LogP contribution in [0, 0.1) is 5.92 Å². The fourth-order valence-corrected chi connectivity index (χ4v) is 1.72. The summed E-state index contributed by atoms with van der Waals surface area (Å²) in [5, 5.41) is 11.8. The van der Waals surface area contributed by atoms with Gasteiger partial charge in [0.1, 0.15) is 0 Å². The van der Waals surface area contributed by atoms with Crippen LogP contribution in [0.1, 0.15) is 19.5 Å². The van der Waals surface area contributed by atoms with E-state index in [1.807, 2.05) is 4.90 Å². The fourth-order valence-electron chi connectivity index (χ4n) is 1.72. The first kappa shape index (κ1) is 15.2. The van der Waals surface area contributed by atoms with Crippen molar-refractivity contribution in [3.63, 3.8) is 0 Å². The molecule has 1 rings (SSSR count). The highest BCUT2D eigenvalue weighted by atomic mass is 16.5. The summed E-state index contributed by atoms with van der Waals surface area (Å²) >= 11 is 0. The van der Waals surface area contributed by atoms with Gasteiger partial charge in [0.15, 0.2) is 17.3 Å². The second-order valence-electron chi connectivity index (χ2n) is 4.55. The van der Waals surface area contributed by atoms with Crippen molar-refractivity contribution in [3.8, 4) is 0 Å². The Bertz CT molecular complexity index is 422. The number of nitrogens with two attached hydrogens (primary N) is 1. The number of aromatic nitrogens is 2. The molecular weight excluding hydrogens is 246 g/mol. The van der Waals surface area contributed by atoms with Crippen molar-refractivity contribution in [3.05, 3.63) is 18.1 Å². The molecule has 0 bridgehead atoms. The zero-order valence-electron chi connectivity index (χ0n) is 11.6. The average molecular weight is 267 g/mol. The van der Waals surface area contributed by atoms with Gasteiger partial charge in [-0.2, -0.15) is 0 Å². The lowest BCUT2D eigenvalue weighted by Gasteiger charge is -2.26. The molecule has 1 aromatic rings. The molecule has 0 aliphatic heterocycles. The normalized spacial score (nSPS) is 11.9. The first-order chi connectivity index (χ1) is 9.10. The van der Waals surface area contributed by atoms with E-state index < -0.39 is 0 Å². The summed E-state index contributed by atoms with van der Waals surface area (Å²) in [6.07, 6.45) is 3.10. The lowest BCUT2D eigenvalue weighted by atomic mass is 10.2. The quantitative estimate of drug-likeness (QED) is 0.326. The summed E-state index contributed by atoms with van der Waals surface area (Å²) in [5.41, 5.74) is 6.01. The molecular formula is C12H21N5O2. The number of methoxy groups -OCH3 is 1. The van der Waals surface area contributed by atoms with Gasteiger partial charge in [-0.1, -0.05) is 19.0 Å². The predicted octanol–water partition coefficient (Wildman–Crippen LogP) is 0.680. The van der Waals surface area contributed by atoms with Crippen LogP contribution in [0.25, 0.3) is 0 Å². The maximum Gasteiger partial charge on any atom is 0.192 e. The third-order valence-corrected chi connectivity index (χ3v) is 2.48. The minimum Gasteiger partial charge on any atom is -0.409 e. The predicted molar refractivity (Wildman–Crippen MR) is 73.5 cm³/mol. The number of hydrogen-bond donors (Lipinski definition) is 2. The van der Waals surface area contributed by atoms with Crippen molar-refractivity contribution in [2.24, 2.45) is 16.8 Å². The van der Waals surface area contributed by atoms with E-state index in [0.717, 1.165) is 6.54 Å². The Balaban J connectivity index is 3.06. The van der Waals surface area contributed by atoms with Gasteiger partial charge in [-0.3, -0.25) is 0 Å². The van der Waals surface area contributed by atoms with Gasteiger partial charge in [-0.15, -0.1) is 0 Å². The fraction of sp³-hybridized carbons (Fsp3) is 0.583. The first-order valence-electron chi connectivity index (χ1n) is 6.13. The van der Waals surface area contributed by atoms with Crippen LogP contribution in [0.3, 0.4) is 0 Å². The van der Waals surface area contributed by atoms with Crippen LogP contribution in [0.4, 0.5) is 5.82 Å². The van der Waals surface area contributed by atoms with Gasteiger partial charge in [0.05, 0.1) is 6.61 Å². The van der Waals surface area contributed by atoms with Crippen LogP contribution >= 0.6 is 0 Å². The van der Waals surface area contributed by atoms with Crippen molar-refractivity contribution in [1.29, 1.82) is 0 Å². The van der Waals surface area contributed by atoms with Crippen LogP contribution < -0.4 is 10.6 Å². The third kappa shape index (κ3) is 4.36. The molecule has 7 heteroatoms. The highest BCUT2D eigenvalue weighted by molar-refractivity contribution is 5.99. The third-order valence-electron chi connectivity index (χ3n) is 2.48. The SMILES string of the molecule is COCCN(CC(C)C)c1nccnc1/C(N)=N/O. The molecule has 1 heterocycles. The van der Waals surface area contributed by atoms with Gasteiger partial charge in [0, 0.05) is 32.6 Å². The maximum atomic E-state index is 8.80. The molecule has 19 heavy (non-hydrogen) atoms. The maximum absolute atomic E-state index is 8.80. The van der Waals surface area contributed by atoms with Gasteiger partial charge in [0.25, 0.3) is 0 Å². The Morgan fingerprint density at radius 1 is 1.47 bits per heavy atom. The Morgan fingerprint density at radius 2 is 2.16 bits per heavy atom. The second-order valence-corrected chi connectivity index (χ2v) is 4.55. The summed E-state index contributed by atoms with van der Waals surface area (Å²) in [4.78, 5) is 10.4. The number of anilines is 1. The number of ether oxygens (including phenoxy) is 1. The molecule has 0 fully saturated rings. The van der Waals surface area contributed by atoms with Gasteiger partial charge < -0.3 is 20.6 Å². The van der Waals surface area contributed by atoms with Crippen molar-refractivity contribution >= 4 is 11.7 Å². The van der Waals surface area contributed by atoms with Crippen LogP contribution in [-0.2, 0) is 4.74 Å². The molecule has 0 aliphatic rings. The monoisotopic (exact) mass is 267 g/mol. The van der Waals surface area contributed by atoms with E-state index in [4.69, 9.17) is 15.7 Å². The second kappa shape index (κ2) is 7.52. The Kier molecular flexibility index (Phi) is 6.01. The molecule has 0 atom stereocenters. The highest BCUT2D eigenvalue weighted by Crippen LogP contribution is 2.16. The molecule has 3 N–H and O–H groups in total. The largest absolute Gasteiger partial charge is 0.409 e. The number of rotatable bonds is 7. The number of nitrogens with zero attached hydrogens (tertiary/aromatic N) is 4. The van der Waals surface area contributed by atoms with Crippen molar-refractivity contribution in [2.45, 2.75) is 13.8 Å². The molecule has 0 unspecified atom stereocenters. The van der Waals surface area contributed by atoms with E-state index in [-0.39, 0.29) is 5.84 Å². The van der Waals surface area contributed by atoms with Crippen molar-refractivity contribution in [2.75, 3.05) is 31.7 Å². The zero-order valence-corrected chi connectivity index (χ0v) is 11.6. The van der Waals surface area contributed by atoms with E-state index in [1.54, 1.807) is 13.3 Å². The van der Waals surface area contributed by atoms with Crippen molar-refractivity contribution < 1.29 is 9.94 Å². The minimum absolute atomic E-state index is 0.0470. The standard InChI is InChI=1S/C12H21N5O2/c1-9(2)8-17(6-7-19-3)12-10(11(13)16-18)14-4-5-15-12/h4-5,9,18H,6-8H2,1-3H3,(H2,13,16). The molecule has 106 valence electrons. The highest BCUT2D eigenvalue weighted by Gasteiger charge is 2.17. The van der Waals surface area contributed by atoms with E-state index in [0.29, 0.717) is 30.6 Å². The molecule has 0 aromatic carbocycles. The van der Waals surface area contributed by atoms with Gasteiger partial charge in [0.2, 0.25) is 0 Å². The molecule has 0 saturated carbocycles. The Morgan fingerprint density at radius 3 is 2.74 bits per heavy atom. The first-order valence-corrected chi connectivity index (χ1v) is 6.13. The number of oxime groups is 1. The van der Waals surface area contributed by atoms with E-state index in [9.17, 15) is 0 Å². The number of hydrogen-bond acceptors (Lipinski definition) is 6. The summed E-state index contributed by atoms with van der Waals surface area (Å²) < 4.78 is 5.10. The van der Waals surface area contributed by atoms with E-state index >= 15 is 0 Å². The van der Waals surface area contributed by atoms with Gasteiger partial charge in [-0.25, -0.2) is 9.97 Å². The van der Waals surface area contributed by atoms with Crippen molar-refractivity contribution in [1.82, 2.24) is 9.97 Å². The zero-order chi connectivity index (χ0) is 14.3. The molecule has 1 aromatic heterocycles. The molecule has 7 nitrogen and oxygen atoms in total. The molecule has 0 aliphatic carbocycles. The van der Waals surface area contributed by atoms with Gasteiger partial charge >= 0.3 is 0 Å². The summed E-state index contributed by atoms with van der Waals surface area (Å²) in [5.74, 6) is 0.997. The lowest BCUT2D eigenvalue weighted by molar-refractivity contribution is 0.204. The average Bonchev–Trinajstić information content (AvgIpc) is 2.42. The van der Waals surface area contributed by atoms with Crippen LogP contribution in [-0.4, -0.2) is 47.8 Å². The van der Waals surface area contributed by atoms with Crippen LogP contribution in [0.15, 0.2) is 17.5 Å². The summed E-state index contributed by atoms with van der Waals surface area (Å²) in [7, 11) is 1.65. The number of amidine groups is 1. The van der Waals surface area contributed by atoms with E-state index in [2.05, 4.69) is 29.0 Å².